The highest BCUT2D eigenvalue weighted by Gasteiger charge is 2.29. The van der Waals surface area contributed by atoms with Crippen LogP contribution in [-0.2, 0) is 4.79 Å². The third-order valence-corrected chi connectivity index (χ3v) is 3.67. The first-order chi connectivity index (χ1) is 9.09. The van der Waals surface area contributed by atoms with E-state index in [1.165, 1.54) is 6.20 Å². The average Bonchev–Trinajstić information content (AvgIpc) is 2.82. The number of hydrogen-bond acceptors (Lipinski definition) is 3. The molecule has 2 rings (SSSR count). The molecule has 1 aromatic heterocycles. The maximum Gasteiger partial charge on any atom is 0.303 e. The fourth-order valence-electron chi connectivity index (χ4n) is 2.42. The number of piperidine rings is 1. The summed E-state index contributed by atoms with van der Waals surface area (Å²) >= 11 is 5.89. The predicted molar refractivity (Wildman–Crippen MR) is 69.1 cm³/mol. The lowest BCUT2D eigenvalue weighted by atomic mass is 9.97. The van der Waals surface area contributed by atoms with Gasteiger partial charge in [0.15, 0.2) is 0 Å². The lowest BCUT2D eigenvalue weighted by molar-refractivity contribution is -0.137. The first kappa shape index (κ1) is 13.9. The van der Waals surface area contributed by atoms with E-state index in [1.54, 1.807) is 4.90 Å². The maximum absolute atomic E-state index is 12.4. The molecule has 7 heteroatoms. The third-order valence-electron chi connectivity index (χ3n) is 3.39. The number of H-pyrrole nitrogens is 1. The van der Waals surface area contributed by atoms with Crippen LogP contribution in [-0.4, -0.2) is 44.7 Å². The molecule has 1 unspecified atom stereocenters. The van der Waals surface area contributed by atoms with Gasteiger partial charge in [-0.1, -0.05) is 11.6 Å². The van der Waals surface area contributed by atoms with Gasteiger partial charge in [-0.3, -0.25) is 14.7 Å². The van der Waals surface area contributed by atoms with Gasteiger partial charge in [-0.25, -0.2) is 0 Å². The summed E-state index contributed by atoms with van der Waals surface area (Å²) in [6.07, 6.45) is 4.74. The number of nitrogens with one attached hydrogen (secondary N) is 1. The van der Waals surface area contributed by atoms with Crippen molar-refractivity contribution in [3.05, 3.63) is 16.9 Å². The molecule has 0 aliphatic carbocycles. The molecule has 0 radical (unpaired) electrons. The van der Waals surface area contributed by atoms with Crippen molar-refractivity contribution < 1.29 is 14.7 Å². The van der Waals surface area contributed by atoms with Crippen LogP contribution in [0.3, 0.4) is 0 Å². The molecular formula is C12H16ClN3O3. The molecule has 0 spiro atoms. The van der Waals surface area contributed by atoms with Gasteiger partial charge in [0, 0.05) is 19.0 Å². The number of aromatic nitrogens is 2. The Morgan fingerprint density at radius 1 is 1.53 bits per heavy atom. The summed E-state index contributed by atoms with van der Waals surface area (Å²) in [4.78, 5) is 24.7. The number of amides is 1. The van der Waals surface area contributed by atoms with Gasteiger partial charge in [0.2, 0.25) is 0 Å². The SMILES string of the molecule is O=C(O)CCC1CCCCN1C(=O)c1[nH]ncc1Cl. The molecule has 1 saturated heterocycles. The Kier molecular flexibility index (Phi) is 4.42. The van der Waals surface area contributed by atoms with Gasteiger partial charge in [-0.2, -0.15) is 5.10 Å². The number of rotatable bonds is 4. The molecule has 1 aromatic rings. The minimum atomic E-state index is -0.836. The number of likely N-dealkylation sites (tertiary alicyclic amines) is 1. The number of aromatic amines is 1. The molecule has 0 aromatic carbocycles. The minimum Gasteiger partial charge on any atom is -0.481 e. The Bertz CT molecular complexity index is 475. The molecule has 1 aliphatic rings. The van der Waals surface area contributed by atoms with Crippen LogP contribution in [0.1, 0.15) is 42.6 Å². The fraction of sp³-hybridized carbons (Fsp3) is 0.583. The molecule has 2 heterocycles. The van der Waals surface area contributed by atoms with Gasteiger partial charge >= 0.3 is 5.97 Å². The van der Waals surface area contributed by atoms with E-state index in [4.69, 9.17) is 16.7 Å². The van der Waals surface area contributed by atoms with E-state index < -0.39 is 5.97 Å². The van der Waals surface area contributed by atoms with E-state index in [9.17, 15) is 9.59 Å². The van der Waals surface area contributed by atoms with Gasteiger partial charge < -0.3 is 10.0 Å². The van der Waals surface area contributed by atoms with Gasteiger partial charge in [0.1, 0.15) is 5.69 Å². The first-order valence-corrected chi connectivity index (χ1v) is 6.69. The van der Waals surface area contributed by atoms with Gasteiger partial charge in [0.05, 0.1) is 11.2 Å². The van der Waals surface area contributed by atoms with Gasteiger partial charge in [-0.05, 0) is 25.7 Å². The molecule has 1 atom stereocenters. The van der Waals surface area contributed by atoms with Crippen molar-refractivity contribution in [2.45, 2.75) is 38.1 Å². The molecule has 0 saturated carbocycles. The van der Waals surface area contributed by atoms with Crippen LogP contribution >= 0.6 is 11.6 Å². The minimum absolute atomic E-state index is 0.0308. The Balaban J connectivity index is 2.08. The number of carbonyl (C=O) groups is 2. The molecule has 1 aliphatic heterocycles. The Labute approximate surface area is 115 Å². The second-order valence-corrected chi connectivity index (χ2v) is 5.08. The van der Waals surface area contributed by atoms with Crippen molar-refractivity contribution in [1.82, 2.24) is 15.1 Å². The van der Waals surface area contributed by atoms with Crippen molar-refractivity contribution in [2.24, 2.45) is 0 Å². The Morgan fingerprint density at radius 3 is 2.95 bits per heavy atom. The van der Waals surface area contributed by atoms with Crippen LogP contribution in [0.25, 0.3) is 0 Å². The Morgan fingerprint density at radius 2 is 2.32 bits per heavy atom. The monoisotopic (exact) mass is 285 g/mol. The number of halogens is 1. The molecule has 1 amide bonds. The molecule has 0 bridgehead atoms. The zero-order chi connectivity index (χ0) is 13.8. The highest BCUT2D eigenvalue weighted by Crippen LogP contribution is 2.24. The molecule has 104 valence electrons. The zero-order valence-electron chi connectivity index (χ0n) is 10.4. The van der Waals surface area contributed by atoms with Crippen LogP contribution in [0.15, 0.2) is 6.20 Å². The van der Waals surface area contributed by atoms with E-state index >= 15 is 0 Å². The van der Waals surface area contributed by atoms with Crippen LogP contribution in [0.4, 0.5) is 0 Å². The van der Waals surface area contributed by atoms with Crippen LogP contribution < -0.4 is 0 Å². The zero-order valence-corrected chi connectivity index (χ0v) is 11.2. The number of aliphatic carboxylic acids is 1. The summed E-state index contributed by atoms with van der Waals surface area (Å²) in [6.45, 7) is 0.637. The average molecular weight is 286 g/mol. The van der Waals surface area contributed by atoms with E-state index in [2.05, 4.69) is 10.2 Å². The number of carboxylic acids is 1. The van der Waals surface area contributed by atoms with Crippen molar-refractivity contribution >= 4 is 23.5 Å². The fourth-order valence-corrected chi connectivity index (χ4v) is 2.60. The second-order valence-electron chi connectivity index (χ2n) is 4.67. The number of carbonyl (C=O) groups excluding carboxylic acids is 1. The lowest BCUT2D eigenvalue weighted by Gasteiger charge is -2.35. The second kappa shape index (κ2) is 6.06. The topological polar surface area (TPSA) is 86.3 Å². The van der Waals surface area contributed by atoms with Crippen molar-refractivity contribution in [3.63, 3.8) is 0 Å². The summed E-state index contributed by atoms with van der Waals surface area (Å²) in [5, 5.41) is 15.4. The van der Waals surface area contributed by atoms with Crippen molar-refractivity contribution in [1.29, 1.82) is 0 Å². The Hall–Kier alpha value is -1.56. The lowest BCUT2D eigenvalue weighted by Crippen LogP contribution is -2.44. The highest BCUT2D eigenvalue weighted by atomic mass is 35.5. The third kappa shape index (κ3) is 3.26. The summed E-state index contributed by atoms with van der Waals surface area (Å²) in [6, 6.07) is -0.0308. The van der Waals surface area contributed by atoms with Crippen molar-refractivity contribution in [3.8, 4) is 0 Å². The maximum atomic E-state index is 12.4. The quantitative estimate of drug-likeness (QED) is 0.885. The summed E-state index contributed by atoms with van der Waals surface area (Å²) in [5.41, 5.74) is 0.281. The standard InChI is InChI=1S/C12H16ClN3O3/c13-9-7-14-15-11(9)12(19)16-6-2-1-3-8(16)4-5-10(17)18/h7-8H,1-6H2,(H,14,15)(H,17,18). The molecule has 1 fully saturated rings. The normalized spacial score (nSPS) is 19.4. The summed E-state index contributed by atoms with van der Waals surface area (Å²) in [5.74, 6) is -1.03. The smallest absolute Gasteiger partial charge is 0.303 e. The summed E-state index contributed by atoms with van der Waals surface area (Å²) < 4.78 is 0. The van der Waals surface area contributed by atoms with E-state index in [0.717, 1.165) is 19.3 Å². The molecular weight excluding hydrogens is 270 g/mol. The van der Waals surface area contributed by atoms with Gasteiger partial charge in [0.25, 0.3) is 5.91 Å². The highest BCUT2D eigenvalue weighted by molar-refractivity contribution is 6.33. The van der Waals surface area contributed by atoms with E-state index in [-0.39, 0.29) is 24.1 Å². The summed E-state index contributed by atoms with van der Waals surface area (Å²) in [7, 11) is 0. The van der Waals surface area contributed by atoms with E-state index in [1.807, 2.05) is 0 Å². The number of hydrogen-bond donors (Lipinski definition) is 2. The van der Waals surface area contributed by atoms with Crippen LogP contribution in [0, 0.1) is 0 Å². The largest absolute Gasteiger partial charge is 0.481 e. The van der Waals surface area contributed by atoms with E-state index in [0.29, 0.717) is 18.0 Å². The van der Waals surface area contributed by atoms with Gasteiger partial charge in [-0.15, -0.1) is 0 Å². The first-order valence-electron chi connectivity index (χ1n) is 6.31. The van der Waals surface area contributed by atoms with Crippen molar-refractivity contribution in [2.75, 3.05) is 6.54 Å². The van der Waals surface area contributed by atoms with Crippen LogP contribution in [0.2, 0.25) is 5.02 Å². The molecule has 6 nitrogen and oxygen atoms in total. The predicted octanol–water partition coefficient (Wildman–Crippen LogP) is 1.92. The molecule has 2 N–H and O–H groups in total. The number of carboxylic acid groups (broad SMARTS) is 1. The number of nitrogens with zero attached hydrogens (tertiary/aromatic N) is 2. The van der Waals surface area contributed by atoms with Crippen LogP contribution in [0.5, 0.6) is 0 Å². The molecule has 19 heavy (non-hydrogen) atoms.